The van der Waals surface area contributed by atoms with Gasteiger partial charge in [-0.3, -0.25) is 0 Å². The van der Waals surface area contributed by atoms with Gasteiger partial charge in [0.1, 0.15) is 0 Å². The van der Waals surface area contributed by atoms with Crippen LogP contribution in [0.15, 0.2) is 224 Å². The number of anilines is 3. The lowest BCUT2D eigenvalue weighted by atomic mass is 9.93. The van der Waals surface area contributed by atoms with Crippen molar-refractivity contribution in [2.75, 3.05) is 4.90 Å². The highest BCUT2D eigenvalue weighted by molar-refractivity contribution is 7.26. The van der Waals surface area contributed by atoms with E-state index in [-0.39, 0.29) is 0 Å². The molecule has 61 heavy (non-hydrogen) atoms. The van der Waals surface area contributed by atoms with Crippen molar-refractivity contribution in [2.24, 2.45) is 0 Å². The topological polar surface area (TPSA) is 3.24 Å². The smallest absolute Gasteiger partial charge is 0.0540 e. The Bertz CT molecular complexity index is 3590. The molecule has 0 unspecified atom stereocenters. The highest BCUT2D eigenvalue weighted by atomic mass is 32.1. The average Bonchev–Trinajstić information content (AvgIpc) is 3.90. The summed E-state index contributed by atoms with van der Waals surface area (Å²) in [4.78, 5) is 2.42. The van der Waals surface area contributed by atoms with Gasteiger partial charge in [-0.05, 0) is 110 Å². The van der Waals surface area contributed by atoms with Gasteiger partial charge in [-0.2, -0.15) is 0 Å². The first-order chi connectivity index (χ1) is 30.2. The molecule has 12 rings (SSSR count). The fourth-order valence-corrected chi connectivity index (χ4v) is 11.4. The van der Waals surface area contributed by atoms with E-state index < -0.39 is 0 Å². The molecule has 0 aliphatic carbocycles. The molecule has 0 N–H and O–H groups in total. The minimum Gasteiger partial charge on any atom is -0.310 e. The predicted octanol–water partition coefficient (Wildman–Crippen LogP) is 17.7. The van der Waals surface area contributed by atoms with Crippen molar-refractivity contribution in [3.63, 3.8) is 0 Å². The first-order valence-electron chi connectivity index (χ1n) is 20.7. The number of nitrogens with zero attached hydrogens (tertiary/aromatic N) is 1. The van der Waals surface area contributed by atoms with Crippen molar-refractivity contribution in [1.82, 2.24) is 0 Å². The Morgan fingerprint density at radius 3 is 1.38 bits per heavy atom. The van der Waals surface area contributed by atoms with Crippen molar-refractivity contribution in [3.05, 3.63) is 224 Å². The molecule has 0 aliphatic rings. The van der Waals surface area contributed by atoms with Crippen molar-refractivity contribution in [3.8, 4) is 44.5 Å². The first-order valence-corrected chi connectivity index (χ1v) is 22.4. The zero-order valence-corrected chi connectivity index (χ0v) is 34.8. The van der Waals surface area contributed by atoms with Crippen molar-refractivity contribution >= 4 is 90.9 Å². The SMILES string of the molecule is c1ccc(-c2ccc3ccccc3c2)c(-c2ccc(N(c3ccc(-c4ccc5c(c4)sc4ccccc45)cc3)c3ccccc3-c3ccc4c(c3)sc3ccccc34)cc2)c1. The number of fused-ring (bicyclic) bond motifs is 7. The maximum atomic E-state index is 2.42. The minimum absolute atomic E-state index is 1.10. The summed E-state index contributed by atoms with van der Waals surface area (Å²) in [7, 11) is 0. The van der Waals surface area contributed by atoms with E-state index in [0.717, 1.165) is 17.1 Å². The van der Waals surface area contributed by atoms with Gasteiger partial charge in [0, 0.05) is 57.3 Å². The summed E-state index contributed by atoms with van der Waals surface area (Å²) >= 11 is 3.73. The van der Waals surface area contributed by atoms with Crippen LogP contribution in [0.4, 0.5) is 17.1 Å². The molecule has 12 aromatic rings. The van der Waals surface area contributed by atoms with Crippen LogP contribution in [0.5, 0.6) is 0 Å². The Morgan fingerprint density at radius 2 is 0.705 bits per heavy atom. The molecule has 10 aromatic carbocycles. The van der Waals surface area contributed by atoms with Gasteiger partial charge in [0.25, 0.3) is 0 Å². The van der Waals surface area contributed by atoms with Crippen LogP contribution in [0, 0.1) is 0 Å². The molecule has 0 spiro atoms. The van der Waals surface area contributed by atoms with Crippen LogP contribution in [0.2, 0.25) is 0 Å². The van der Waals surface area contributed by atoms with Gasteiger partial charge in [-0.1, -0.05) is 164 Å². The summed E-state index contributed by atoms with van der Waals surface area (Å²) in [5.41, 5.74) is 13.0. The molecule has 0 radical (unpaired) electrons. The quantitative estimate of drug-likeness (QED) is 0.155. The molecule has 1 nitrogen and oxygen atoms in total. The molecule has 0 atom stereocenters. The Balaban J connectivity index is 0.966. The number of thiophene rings is 2. The van der Waals surface area contributed by atoms with Gasteiger partial charge < -0.3 is 4.90 Å². The third-order valence-electron chi connectivity index (χ3n) is 12.1. The number of hydrogen-bond donors (Lipinski definition) is 0. The molecule has 0 fully saturated rings. The number of para-hydroxylation sites is 1. The van der Waals surface area contributed by atoms with Crippen molar-refractivity contribution in [1.29, 1.82) is 0 Å². The Morgan fingerprint density at radius 1 is 0.262 bits per heavy atom. The summed E-state index contributed by atoms with van der Waals surface area (Å²) in [5.74, 6) is 0. The monoisotopic (exact) mass is 811 g/mol. The van der Waals surface area contributed by atoms with Crippen LogP contribution in [0.25, 0.3) is 95.6 Å². The Labute approximate surface area is 362 Å². The normalized spacial score (nSPS) is 11.6. The zero-order valence-electron chi connectivity index (χ0n) is 33.1. The number of benzene rings is 10. The van der Waals surface area contributed by atoms with Gasteiger partial charge in [0.2, 0.25) is 0 Å². The van der Waals surface area contributed by atoms with E-state index in [2.05, 4.69) is 229 Å². The minimum atomic E-state index is 1.10. The van der Waals surface area contributed by atoms with E-state index in [1.165, 1.54) is 95.6 Å². The van der Waals surface area contributed by atoms with Crippen LogP contribution in [0.1, 0.15) is 0 Å². The molecule has 0 aliphatic heterocycles. The third-order valence-corrected chi connectivity index (χ3v) is 14.4. The molecule has 0 saturated carbocycles. The van der Waals surface area contributed by atoms with E-state index >= 15 is 0 Å². The Kier molecular flexibility index (Phi) is 8.62. The van der Waals surface area contributed by atoms with Gasteiger partial charge in [0.15, 0.2) is 0 Å². The summed E-state index contributed by atoms with van der Waals surface area (Å²) in [6.07, 6.45) is 0. The van der Waals surface area contributed by atoms with Crippen LogP contribution < -0.4 is 4.90 Å². The third kappa shape index (κ3) is 6.29. The van der Waals surface area contributed by atoms with Gasteiger partial charge in [0.05, 0.1) is 5.69 Å². The molecule has 0 amide bonds. The highest BCUT2D eigenvalue weighted by Crippen LogP contribution is 2.45. The summed E-state index contributed by atoms with van der Waals surface area (Å²) < 4.78 is 5.26. The Hall–Kier alpha value is -7.30. The lowest BCUT2D eigenvalue weighted by molar-refractivity contribution is 1.28. The van der Waals surface area contributed by atoms with Gasteiger partial charge in [-0.25, -0.2) is 0 Å². The maximum Gasteiger partial charge on any atom is 0.0540 e. The summed E-state index contributed by atoms with van der Waals surface area (Å²) in [6, 6.07) is 82.5. The maximum absolute atomic E-state index is 2.42. The van der Waals surface area contributed by atoms with E-state index in [1.54, 1.807) is 0 Å². The van der Waals surface area contributed by atoms with Crippen LogP contribution in [-0.4, -0.2) is 0 Å². The number of rotatable bonds is 7. The molecular weight excluding hydrogens is 775 g/mol. The predicted molar refractivity (Wildman–Crippen MR) is 266 cm³/mol. The highest BCUT2D eigenvalue weighted by Gasteiger charge is 2.19. The largest absolute Gasteiger partial charge is 0.310 e. The first kappa shape index (κ1) is 35.6. The van der Waals surface area contributed by atoms with Gasteiger partial charge in [-0.15, -0.1) is 22.7 Å². The lowest BCUT2D eigenvalue weighted by Crippen LogP contribution is -2.11. The van der Waals surface area contributed by atoms with Crippen LogP contribution in [0.3, 0.4) is 0 Å². The zero-order chi connectivity index (χ0) is 40.3. The standard InChI is InChI=1S/C58H37NS2/c1-2-12-41-35-43(22-21-38(41)11-1)48-14-4-3-13-47(48)40-25-31-46(32-26-40)59(45-29-23-39(24-30-45)42-27-33-52-50-16-6-9-19-55(50)60-57(52)36-42)54-18-8-5-15-49(54)44-28-34-53-51-17-7-10-20-56(51)61-58(53)37-44/h1-37H. The summed E-state index contributed by atoms with van der Waals surface area (Å²) in [6.45, 7) is 0. The second-order valence-corrected chi connectivity index (χ2v) is 17.8. The molecule has 286 valence electrons. The fourth-order valence-electron chi connectivity index (χ4n) is 9.08. The van der Waals surface area contributed by atoms with E-state index in [9.17, 15) is 0 Å². The number of hydrogen-bond acceptors (Lipinski definition) is 3. The van der Waals surface area contributed by atoms with Crippen molar-refractivity contribution in [2.45, 2.75) is 0 Å². The van der Waals surface area contributed by atoms with Crippen LogP contribution >= 0.6 is 22.7 Å². The van der Waals surface area contributed by atoms with E-state index in [0.29, 0.717) is 0 Å². The molecule has 0 bridgehead atoms. The average molecular weight is 812 g/mol. The fraction of sp³-hybridized carbons (Fsp3) is 0. The van der Waals surface area contributed by atoms with Crippen molar-refractivity contribution < 1.29 is 0 Å². The summed E-state index contributed by atoms with van der Waals surface area (Å²) in [5, 5.41) is 7.77. The van der Waals surface area contributed by atoms with Gasteiger partial charge >= 0.3 is 0 Å². The second-order valence-electron chi connectivity index (χ2n) is 15.7. The molecule has 2 heterocycles. The molecule has 3 heteroatoms. The second kappa shape index (κ2) is 14.8. The molecule has 0 saturated heterocycles. The molecular formula is C58H37NS2. The van der Waals surface area contributed by atoms with E-state index in [1.807, 2.05) is 22.7 Å². The molecule has 2 aromatic heterocycles. The lowest BCUT2D eigenvalue weighted by Gasteiger charge is -2.28. The van der Waals surface area contributed by atoms with Crippen LogP contribution in [-0.2, 0) is 0 Å². The van der Waals surface area contributed by atoms with E-state index in [4.69, 9.17) is 0 Å².